The smallest absolute Gasteiger partial charge is 0.225 e. The SMILES string of the molecule is NC(=O)Cc1nc(CN2CCC(c3ccccc3)C2)n(C2CCCCC2)n1. The van der Waals surface area contributed by atoms with Gasteiger partial charge in [0, 0.05) is 6.54 Å². The molecule has 27 heavy (non-hydrogen) atoms. The van der Waals surface area contributed by atoms with Crippen LogP contribution in [0.25, 0.3) is 0 Å². The third-order valence-electron chi connectivity index (χ3n) is 5.91. The quantitative estimate of drug-likeness (QED) is 0.852. The molecule has 0 spiro atoms. The van der Waals surface area contributed by atoms with Gasteiger partial charge in [-0.15, -0.1) is 0 Å². The van der Waals surface area contributed by atoms with Gasteiger partial charge in [0.2, 0.25) is 5.91 Å². The fourth-order valence-corrected chi connectivity index (χ4v) is 4.53. The van der Waals surface area contributed by atoms with Gasteiger partial charge < -0.3 is 5.73 Å². The van der Waals surface area contributed by atoms with Crippen molar-refractivity contribution in [3.63, 3.8) is 0 Å². The van der Waals surface area contributed by atoms with Gasteiger partial charge in [-0.1, -0.05) is 49.6 Å². The van der Waals surface area contributed by atoms with Crippen molar-refractivity contribution < 1.29 is 4.79 Å². The van der Waals surface area contributed by atoms with E-state index in [-0.39, 0.29) is 12.3 Å². The predicted octanol–water partition coefficient (Wildman–Crippen LogP) is 2.80. The minimum atomic E-state index is -0.368. The molecule has 2 N–H and O–H groups in total. The van der Waals surface area contributed by atoms with Gasteiger partial charge in [0.15, 0.2) is 5.82 Å². The van der Waals surface area contributed by atoms with Gasteiger partial charge in [0.05, 0.1) is 19.0 Å². The molecule has 2 aromatic rings. The fourth-order valence-electron chi connectivity index (χ4n) is 4.53. The first kappa shape index (κ1) is 18.2. The summed E-state index contributed by atoms with van der Waals surface area (Å²) in [4.78, 5) is 18.5. The molecule has 1 aromatic heterocycles. The number of benzene rings is 1. The molecule has 4 rings (SSSR count). The first-order valence-electron chi connectivity index (χ1n) is 10.2. The summed E-state index contributed by atoms with van der Waals surface area (Å²) in [6, 6.07) is 11.2. The van der Waals surface area contributed by atoms with E-state index in [1.807, 2.05) is 0 Å². The van der Waals surface area contributed by atoms with Crippen molar-refractivity contribution >= 4 is 5.91 Å². The van der Waals surface area contributed by atoms with Crippen LogP contribution in [-0.2, 0) is 17.8 Å². The Morgan fingerprint density at radius 3 is 2.63 bits per heavy atom. The maximum absolute atomic E-state index is 11.3. The van der Waals surface area contributed by atoms with E-state index >= 15 is 0 Å². The van der Waals surface area contributed by atoms with Gasteiger partial charge in [-0.2, -0.15) is 5.10 Å². The number of likely N-dealkylation sites (tertiary alicyclic amines) is 1. The van der Waals surface area contributed by atoms with Crippen molar-refractivity contribution in [1.82, 2.24) is 19.7 Å². The van der Waals surface area contributed by atoms with Crippen LogP contribution >= 0.6 is 0 Å². The van der Waals surface area contributed by atoms with Crippen LogP contribution in [0.2, 0.25) is 0 Å². The lowest BCUT2D eigenvalue weighted by molar-refractivity contribution is -0.117. The number of carbonyl (C=O) groups excluding carboxylic acids is 1. The Kier molecular flexibility index (Phi) is 5.53. The summed E-state index contributed by atoms with van der Waals surface area (Å²) in [5.74, 6) is 1.78. The van der Waals surface area contributed by atoms with Crippen molar-refractivity contribution in [2.45, 2.75) is 63.5 Å². The molecule has 2 heterocycles. The van der Waals surface area contributed by atoms with Crippen LogP contribution in [0, 0.1) is 0 Å². The normalized spacial score (nSPS) is 21.6. The molecule has 0 bridgehead atoms. The van der Waals surface area contributed by atoms with Gasteiger partial charge in [0.1, 0.15) is 5.82 Å². The van der Waals surface area contributed by atoms with Crippen LogP contribution in [0.5, 0.6) is 0 Å². The number of rotatable bonds is 6. The maximum Gasteiger partial charge on any atom is 0.225 e. The minimum Gasteiger partial charge on any atom is -0.369 e. The number of nitrogens with zero attached hydrogens (tertiary/aromatic N) is 4. The Hall–Kier alpha value is -2.21. The second kappa shape index (κ2) is 8.21. The average molecular weight is 367 g/mol. The summed E-state index contributed by atoms with van der Waals surface area (Å²) in [5, 5.41) is 4.67. The lowest BCUT2D eigenvalue weighted by Gasteiger charge is -2.24. The number of hydrogen-bond donors (Lipinski definition) is 1. The first-order valence-corrected chi connectivity index (χ1v) is 10.2. The van der Waals surface area contributed by atoms with E-state index in [2.05, 4.69) is 45.0 Å². The summed E-state index contributed by atoms with van der Waals surface area (Å²) >= 11 is 0. The van der Waals surface area contributed by atoms with E-state index in [4.69, 9.17) is 10.7 Å². The Bertz CT molecular complexity index is 766. The summed E-state index contributed by atoms with van der Waals surface area (Å²) in [6.07, 6.45) is 7.40. The third-order valence-corrected chi connectivity index (χ3v) is 5.91. The fraction of sp³-hybridized carbons (Fsp3) is 0.571. The zero-order chi connectivity index (χ0) is 18.6. The van der Waals surface area contributed by atoms with E-state index in [1.165, 1.54) is 31.2 Å². The van der Waals surface area contributed by atoms with Crippen molar-refractivity contribution in [2.24, 2.45) is 5.73 Å². The van der Waals surface area contributed by atoms with E-state index in [0.29, 0.717) is 17.8 Å². The molecule has 1 atom stereocenters. The molecular weight excluding hydrogens is 338 g/mol. The molecule has 144 valence electrons. The van der Waals surface area contributed by atoms with E-state index in [9.17, 15) is 4.79 Å². The highest BCUT2D eigenvalue weighted by molar-refractivity contribution is 5.75. The minimum absolute atomic E-state index is 0.124. The Morgan fingerprint density at radius 2 is 1.89 bits per heavy atom. The molecule has 6 nitrogen and oxygen atoms in total. The Morgan fingerprint density at radius 1 is 1.11 bits per heavy atom. The second-order valence-corrected chi connectivity index (χ2v) is 7.96. The molecule has 2 fully saturated rings. The number of aromatic nitrogens is 3. The summed E-state index contributed by atoms with van der Waals surface area (Å²) in [6.45, 7) is 2.92. The van der Waals surface area contributed by atoms with E-state index in [0.717, 1.165) is 38.3 Å². The Labute approximate surface area is 160 Å². The second-order valence-electron chi connectivity index (χ2n) is 7.96. The molecule has 1 aromatic carbocycles. The highest BCUT2D eigenvalue weighted by Crippen LogP contribution is 2.31. The van der Waals surface area contributed by atoms with E-state index in [1.54, 1.807) is 0 Å². The van der Waals surface area contributed by atoms with Gasteiger partial charge in [-0.05, 0) is 37.3 Å². The lowest BCUT2D eigenvalue weighted by Crippen LogP contribution is -2.25. The van der Waals surface area contributed by atoms with Gasteiger partial charge in [-0.25, -0.2) is 9.67 Å². The van der Waals surface area contributed by atoms with Gasteiger partial charge in [0.25, 0.3) is 0 Å². The molecule has 2 aliphatic rings. The zero-order valence-electron chi connectivity index (χ0n) is 15.9. The van der Waals surface area contributed by atoms with Crippen molar-refractivity contribution in [3.8, 4) is 0 Å². The molecule has 1 saturated heterocycles. The number of hydrogen-bond acceptors (Lipinski definition) is 4. The topological polar surface area (TPSA) is 77.0 Å². The standard InChI is InChI=1S/C21H29N5O/c22-19(27)13-20-23-21(26(24-20)18-9-5-2-6-10-18)15-25-12-11-17(14-25)16-7-3-1-4-8-16/h1,3-4,7-8,17-18H,2,5-6,9-15H2,(H2,22,27). The number of carbonyl (C=O) groups is 1. The maximum atomic E-state index is 11.3. The monoisotopic (exact) mass is 367 g/mol. The lowest BCUT2D eigenvalue weighted by atomic mass is 9.95. The largest absolute Gasteiger partial charge is 0.369 e. The van der Waals surface area contributed by atoms with Crippen LogP contribution in [0.4, 0.5) is 0 Å². The van der Waals surface area contributed by atoms with Crippen molar-refractivity contribution in [1.29, 1.82) is 0 Å². The third kappa shape index (κ3) is 4.38. The molecule has 1 unspecified atom stereocenters. The average Bonchev–Trinajstić information content (AvgIpc) is 3.30. The van der Waals surface area contributed by atoms with Gasteiger partial charge in [-0.3, -0.25) is 9.69 Å². The van der Waals surface area contributed by atoms with Gasteiger partial charge >= 0.3 is 0 Å². The molecule has 1 aliphatic heterocycles. The predicted molar refractivity (Wildman–Crippen MR) is 104 cm³/mol. The molecule has 1 amide bonds. The number of primary amides is 1. The highest BCUT2D eigenvalue weighted by Gasteiger charge is 2.27. The number of amides is 1. The van der Waals surface area contributed by atoms with Crippen LogP contribution in [0.3, 0.4) is 0 Å². The summed E-state index contributed by atoms with van der Waals surface area (Å²) < 4.78 is 2.10. The number of nitrogens with two attached hydrogens (primary N) is 1. The molecule has 1 saturated carbocycles. The molecule has 0 radical (unpaired) electrons. The van der Waals surface area contributed by atoms with Crippen molar-refractivity contribution in [3.05, 3.63) is 47.5 Å². The van der Waals surface area contributed by atoms with Crippen LogP contribution in [0.15, 0.2) is 30.3 Å². The van der Waals surface area contributed by atoms with Crippen LogP contribution in [0.1, 0.15) is 67.7 Å². The van der Waals surface area contributed by atoms with Crippen molar-refractivity contribution in [2.75, 3.05) is 13.1 Å². The van der Waals surface area contributed by atoms with Crippen LogP contribution in [-0.4, -0.2) is 38.7 Å². The van der Waals surface area contributed by atoms with E-state index < -0.39 is 0 Å². The molecule has 1 aliphatic carbocycles. The van der Waals surface area contributed by atoms with Crippen LogP contribution < -0.4 is 5.73 Å². The first-order chi connectivity index (χ1) is 13.2. The summed E-state index contributed by atoms with van der Waals surface area (Å²) in [7, 11) is 0. The molecule has 6 heteroatoms. The Balaban J connectivity index is 1.48. The molecular formula is C21H29N5O. The summed E-state index contributed by atoms with van der Waals surface area (Å²) in [5.41, 5.74) is 6.79. The zero-order valence-corrected chi connectivity index (χ0v) is 15.9. The highest BCUT2D eigenvalue weighted by atomic mass is 16.1.